The number of nitrogens with one attached hydrogen (secondary N) is 1. The Morgan fingerprint density at radius 2 is 2.24 bits per heavy atom. The first-order chi connectivity index (χ1) is 7.91. The summed E-state index contributed by atoms with van der Waals surface area (Å²) in [6, 6.07) is 1.77. The minimum Gasteiger partial charge on any atom is -0.393 e. The molecule has 0 bridgehead atoms. The van der Waals surface area contributed by atoms with Gasteiger partial charge in [0.25, 0.3) is 5.91 Å². The topological polar surface area (TPSA) is 54.3 Å². The van der Waals surface area contributed by atoms with Crippen LogP contribution in [0.1, 0.15) is 30.8 Å². The fourth-order valence-electron chi connectivity index (χ4n) is 1.51. The molecular formula is C12H19BrN2O2. The van der Waals surface area contributed by atoms with Gasteiger partial charge in [-0.05, 0) is 34.3 Å². The molecule has 1 atom stereocenters. The number of hydrogen-bond donors (Lipinski definition) is 2. The second-order valence-electron chi connectivity index (χ2n) is 4.51. The van der Waals surface area contributed by atoms with Crippen LogP contribution in [0.5, 0.6) is 0 Å². The van der Waals surface area contributed by atoms with E-state index in [4.69, 9.17) is 0 Å². The van der Waals surface area contributed by atoms with E-state index in [9.17, 15) is 9.90 Å². The number of nitrogens with zero attached hydrogens (tertiary/aromatic N) is 1. The minimum absolute atomic E-state index is 0.117. The van der Waals surface area contributed by atoms with E-state index in [1.165, 1.54) is 0 Å². The average molecular weight is 303 g/mol. The first-order valence-corrected chi connectivity index (χ1v) is 6.49. The van der Waals surface area contributed by atoms with Crippen molar-refractivity contribution in [1.82, 2.24) is 9.88 Å². The summed E-state index contributed by atoms with van der Waals surface area (Å²) in [5, 5.41) is 12.4. The number of rotatable bonds is 5. The van der Waals surface area contributed by atoms with Gasteiger partial charge < -0.3 is 15.0 Å². The fraction of sp³-hybridized carbons (Fsp3) is 0.583. The van der Waals surface area contributed by atoms with Crippen molar-refractivity contribution in [2.45, 2.75) is 26.4 Å². The largest absolute Gasteiger partial charge is 0.393 e. The van der Waals surface area contributed by atoms with Crippen LogP contribution in [0.2, 0.25) is 0 Å². The lowest BCUT2D eigenvalue weighted by Crippen LogP contribution is -2.29. The number of carbonyl (C=O) groups excluding carboxylic acids is 1. The van der Waals surface area contributed by atoms with E-state index < -0.39 is 0 Å². The van der Waals surface area contributed by atoms with E-state index >= 15 is 0 Å². The zero-order valence-corrected chi connectivity index (χ0v) is 12.0. The number of halogens is 1. The molecule has 2 N–H and O–H groups in total. The monoisotopic (exact) mass is 302 g/mol. The lowest BCUT2D eigenvalue weighted by molar-refractivity contribution is 0.0913. The number of amides is 1. The lowest BCUT2D eigenvalue weighted by Gasteiger charge is -2.14. The molecular weight excluding hydrogens is 284 g/mol. The third-order valence-electron chi connectivity index (χ3n) is 2.70. The van der Waals surface area contributed by atoms with E-state index in [0.717, 1.165) is 4.47 Å². The van der Waals surface area contributed by atoms with Crippen molar-refractivity contribution < 1.29 is 9.90 Å². The standard InChI is InChI=1S/C12H19BrN2O2/c1-8(2)11(16)4-5-14-12(17)10-6-9(13)7-15(10)3/h6-8,11,16H,4-5H2,1-3H3,(H,14,17). The summed E-state index contributed by atoms with van der Waals surface area (Å²) in [5.41, 5.74) is 0.607. The van der Waals surface area contributed by atoms with Crippen LogP contribution in [0.25, 0.3) is 0 Å². The Balaban J connectivity index is 2.43. The molecule has 0 aliphatic heterocycles. The summed E-state index contributed by atoms with van der Waals surface area (Å²) in [7, 11) is 1.82. The molecule has 0 fully saturated rings. The molecule has 96 valence electrons. The number of aliphatic hydroxyl groups is 1. The molecule has 1 heterocycles. The number of carbonyl (C=O) groups is 1. The molecule has 0 aromatic carbocycles. The van der Waals surface area contributed by atoms with Crippen molar-refractivity contribution in [3.8, 4) is 0 Å². The van der Waals surface area contributed by atoms with Gasteiger partial charge in [-0.2, -0.15) is 0 Å². The molecule has 1 aromatic rings. The predicted molar refractivity (Wildman–Crippen MR) is 70.9 cm³/mol. The third-order valence-corrected chi connectivity index (χ3v) is 3.13. The van der Waals surface area contributed by atoms with Crippen molar-refractivity contribution in [2.24, 2.45) is 13.0 Å². The van der Waals surface area contributed by atoms with Crippen molar-refractivity contribution >= 4 is 21.8 Å². The Labute approximate surface area is 110 Å². The van der Waals surface area contributed by atoms with Gasteiger partial charge in [-0.15, -0.1) is 0 Å². The van der Waals surface area contributed by atoms with Gasteiger partial charge in [0.05, 0.1) is 6.10 Å². The van der Waals surface area contributed by atoms with Crippen LogP contribution in [0.4, 0.5) is 0 Å². The van der Waals surface area contributed by atoms with Crippen molar-refractivity contribution in [2.75, 3.05) is 6.54 Å². The van der Waals surface area contributed by atoms with Crippen LogP contribution >= 0.6 is 15.9 Å². The first kappa shape index (κ1) is 14.3. The van der Waals surface area contributed by atoms with Gasteiger partial charge in [0.15, 0.2) is 0 Å². The summed E-state index contributed by atoms with van der Waals surface area (Å²) >= 11 is 3.32. The van der Waals surface area contributed by atoms with Crippen molar-refractivity contribution in [1.29, 1.82) is 0 Å². The Bertz CT molecular complexity index is 388. The second kappa shape index (κ2) is 6.21. The van der Waals surface area contributed by atoms with Crippen LogP contribution in [0, 0.1) is 5.92 Å². The molecule has 0 saturated carbocycles. The van der Waals surface area contributed by atoms with Gasteiger partial charge in [-0.1, -0.05) is 13.8 Å². The summed E-state index contributed by atoms with van der Waals surface area (Å²) < 4.78 is 2.64. The van der Waals surface area contributed by atoms with Gasteiger partial charge in [0.2, 0.25) is 0 Å². The van der Waals surface area contributed by atoms with Gasteiger partial charge >= 0.3 is 0 Å². The van der Waals surface area contributed by atoms with Crippen LogP contribution in [-0.4, -0.2) is 28.2 Å². The van der Waals surface area contributed by atoms with E-state index in [-0.39, 0.29) is 17.9 Å². The molecule has 0 spiro atoms. The van der Waals surface area contributed by atoms with Crippen LogP contribution in [-0.2, 0) is 7.05 Å². The highest BCUT2D eigenvalue weighted by Crippen LogP contribution is 2.13. The SMILES string of the molecule is CC(C)C(O)CCNC(=O)c1cc(Br)cn1C. The highest BCUT2D eigenvalue weighted by molar-refractivity contribution is 9.10. The number of aryl methyl sites for hydroxylation is 1. The predicted octanol–water partition coefficient (Wildman–Crippen LogP) is 1.92. The van der Waals surface area contributed by atoms with E-state index in [2.05, 4.69) is 21.2 Å². The third kappa shape index (κ3) is 4.16. The molecule has 1 unspecified atom stereocenters. The second-order valence-corrected chi connectivity index (χ2v) is 5.43. The maximum Gasteiger partial charge on any atom is 0.267 e. The molecule has 0 saturated heterocycles. The molecule has 5 heteroatoms. The van der Waals surface area contributed by atoms with Gasteiger partial charge in [-0.3, -0.25) is 4.79 Å². The Morgan fingerprint density at radius 3 is 2.71 bits per heavy atom. The molecule has 0 aliphatic carbocycles. The van der Waals surface area contributed by atoms with Crippen LogP contribution < -0.4 is 5.32 Å². The Hall–Kier alpha value is -0.810. The van der Waals surface area contributed by atoms with E-state index in [1.54, 1.807) is 10.6 Å². The first-order valence-electron chi connectivity index (χ1n) is 5.70. The maximum absolute atomic E-state index is 11.8. The maximum atomic E-state index is 11.8. The van der Waals surface area contributed by atoms with Gasteiger partial charge in [-0.25, -0.2) is 0 Å². The summed E-state index contributed by atoms with van der Waals surface area (Å²) in [6.07, 6.45) is 2.04. The van der Waals surface area contributed by atoms with E-state index in [0.29, 0.717) is 18.7 Å². The Morgan fingerprint density at radius 1 is 1.59 bits per heavy atom. The zero-order valence-electron chi connectivity index (χ0n) is 10.4. The molecule has 0 aliphatic rings. The highest BCUT2D eigenvalue weighted by atomic mass is 79.9. The summed E-state index contributed by atoms with van der Waals surface area (Å²) in [6.45, 7) is 4.41. The van der Waals surface area contributed by atoms with Gasteiger partial charge in [0.1, 0.15) is 5.69 Å². The lowest BCUT2D eigenvalue weighted by atomic mass is 10.0. The fourth-order valence-corrected chi connectivity index (χ4v) is 2.03. The van der Waals surface area contributed by atoms with Gasteiger partial charge in [0, 0.05) is 24.3 Å². The van der Waals surface area contributed by atoms with Crippen LogP contribution in [0.15, 0.2) is 16.7 Å². The van der Waals surface area contributed by atoms with Crippen molar-refractivity contribution in [3.05, 3.63) is 22.4 Å². The summed E-state index contributed by atoms with van der Waals surface area (Å²) in [5.74, 6) is 0.102. The zero-order chi connectivity index (χ0) is 13.0. The minimum atomic E-state index is -0.365. The molecule has 1 amide bonds. The molecule has 1 rings (SSSR count). The normalized spacial score (nSPS) is 12.8. The molecule has 1 aromatic heterocycles. The smallest absolute Gasteiger partial charge is 0.267 e. The number of aromatic nitrogens is 1. The van der Waals surface area contributed by atoms with Crippen LogP contribution in [0.3, 0.4) is 0 Å². The number of hydrogen-bond acceptors (Lipinski definition) is 2. The average Bonchev–Trinajstić information content (AvgIpc) is 2.57. The number of aliphatic hydroxyl groups excluding tert-OH is 1. The molecule has 4 nitrogen and oxygen atoms in total. The Kier molecular flexibility index (Phi) is 5.21. The van der Waals surface area contributed by atoms with Crippen molar-refractivity contribution in [3.63, 3.8) is 0 Å². The molecule has 0 radical (unpaired) electrons. The quantitative estimate of drug-likeness (QED) is 0.873. The molecule has 17 heavy (non-hydrogen) atoms. The summed E-state index contributed by atoms with van der Waals surface area (Å²) in [4.78, 5) is 11.8. The van der Waals surface area contributed by atoms with E-state index in [1.807, 2.05) is 27.1 Å². The highest BCUT2D eigenvalue weighted by Gasteiger charge is 2.12.